The van der Waals surface area contributed by atoms with E-state index >= 15 is 0 Å². The molecule has 0 aromatic carbocycles. The zero-order chi connectivity index (χ0) is 11.8. The first-order chi connectivity index (χ1) is 7.50. The summed E-state index contributed by atoms with van der Waals surface area (Å²) in [7, 11) is -1.15. The third-order valence-electron chi connectivity index (χ3n) is 3.08. The van der Waals surface area contributed by atoms with Crippen molar-refractivity contribution in [3.8, 4) is 0 Å². The fraction of sp³-hybridized carbons (Fsp3) is 0.700. The van der Waals surface area contributed by atoms with Crippen LogP contribution in [0.2, 0.25) is 0 Å². The third-order valence-corrected chi connectivity index (χ3v) is 4.89. The zero-order valence-electron chi connectivity index (χ0n) is 9.68. The molecular formula is C10H17N3O2S. The lowest BCUT2D eigenvalue weighted by Gasteiger charge is -2.32. The molecule has 1 saturated heterocycles. The maximum absolute atomic E-state index is 11.8. The second-order valence-electron chi connectivity index (χ2n) is 4.35. The van der Waals surface area contributed by atoms with Gasteiger partial charge in [-0.15, -0.1) is 0 Å². The Bertz CT molecular complexity index is 431. The van der Waals surface area contributed by atoms with Crippen molar-refractivity contribution in [3.05, 3.63) is 11.1 Å². The number of nitrogens with zero attached hydrogens (tertiary/aromatic N) is 3. The predicted molar refractivity (Wildman–Crippen MR) is 64.0 cm³/mol. The van der Waals surface area contributed by atoms with Crippen LogP contribution in [0.4, 0.5) is 0 Å². The summed E-state index contributed by atoms with van der Waals surface area (Å²) in [5.41, 5.74) is 0. The van der Waals surface area contributed by atoms with E-state index < -0.39 is 9.84 Å². The van der Waals surface area contributed by atoms with E-state index in [1.54, 1.807) is 6.92 Å². The van der Waals surface area contributed by atoms with Crippen LogP contribution in [0.1, 0.15) is 6.92 Å². The summed E-state index contributed by atoms with van der Waals surface area (Å²) >= 11 is 0. The standard InChI is InChI=1S/C10H17N3O2S/c1-9-7-11-10(16(9,14)15)8-13-5-3-12(2)4-6-13/h7H,3-6,8H2,1-2H3. The number of hydrogen-bond acceptors (Lipinski definition) is 5. The van der Waals surface area contributed by atoms with E-state index in [-0.39, 0.29) is 0 Å². The van der Waals surface area contributed by atoms with E-state index in [1.807, 2.05) is 0 Å². The number of hydrogen-bond donors (Lipinski definition) is 0. The highest BCUT2D eigenvalue weighted by Crippen LogP contribution is 2.17. The van der Waals surface area contributed by atoms with Crippen molar-refractivity contribution in [2.45, 2.75) is 6.92 Å². The Hall–Kier alpha value is -0.720. The van der Waals surface area contributed by atoms with Crippen LogP contribution in [-0.4, -0.2) is 63.0 Å². The predicted octanol–water partition coefficient (Wildman–Crippen LogP) is -0.0780. The van der Waals surface area contributed by atoms with Gasteiger partial charge in [0.1, 0.15) is 0 Å². The topological polar surface area (TPSA) is 53.0 Å². The number of piperazine rings is 1. The Balaban J connectivity index is 1.98. The number of likely N-dealkylation sites (N-methyl/N-ethyl adjacent to an activating group) is 1. The largest absolute Gasteiger partial charge is 0.304 e. The fourth-order valence-corrected chi connectivity index (χ4v) is 2.92. The first-order valence-electron chi connectivity index (χ1n) is 5.39. The monoisotopic (exact) mass is 243 g/mol. The van der Waals surface area contributed by atoms with Crippen molar-refractivity contribution in [2.75, 3.05) is 39.8 Å². The van der Waals surface area contributed by atoms with Crippen LogP contribution in [0.3, 0.4) is 0 Å². The van der Waals surface area contributed by atoms with Crippen molar-refractivity contribution in [3.63, 3.8) is 0 Å². The molecule has 0 aromatic heterocycles. The Labute approximate surface area is 96.4 Å². The number of aliphatic imine (C=N–C) groups is 1. The summed E-state index contributed by atoms with van der Waals surface area (Å²) in [5, 5.41) is 0.301. The van der Waals surface area contributed by atoms with Crippen LogP contribution >= 0.6 is 0 Å². The first-order valence-corrected chi connectivity index (χ1v) is 6.88. The highest BCUT2D eigenvalue weighted by atomic mass is 32.2. The third kappa shape index (κ3) is 2.18. The van der Waals surface area contributed by atoms with Crippen LogP contribution in [0.15, 0.2) is 16.1 Å². The van der Waals surface area contributed by atoms with Gasteiger partial charge in [-0.05, 0) is 14.0 Å². The number of sulfone groups is 1. The molecule has 5 nitrogen and oxygen atoms in total. The lowest BCUT2D eigenvalue weighted by Crippen LogP contribution is -2.46. The molecule has 2 rings (SSSR count). The summed E-state index contributed by atoms with van der Waals surface area (Å²) in [6.07, 6.45) is 1.45. The average molecular weight is 243 g/mol. The molecule has 2 heterocycles. The second-order valence-corrected chi connectivity index (χ2v) is 6.47. The maximum Gasteiger partial charge on any atom is 0.218 e. The molecule has 0 spiro atoms. The molecule has 0 amide bonds. The minimum atomic E-state index is -3.22. The van der Waals surface area contributed by atoms with Gasteiger partial charge in [-0.2, -0.15) is 0 Å². The van der Waals surface area contributed by atoms with Gasteiger partial charge in [-0.1, -0.05) is 0 Å². The quantitative estimate of drug-likeness (QED) is 0.681. The van der Waals surface area contributed by atoms with Gasteiger partial charge in [0.05, 0.1) is 11.4 Å². The van der Waals surface area contributed by atoms with Crippen molar-refractivity contribution in [1.82, 2.24) is 9.80 Å². The Morgan fingerprint density at radius 1 is 1.31 bits per heavy atom. The van der Waals surface area contributed by atoms with Crippen molar-refractivity contribution in [1.29, 1.82) is 0 Å². The average Bonchev–Trinajstić information content (AvgIpc) is 2.48. The van der Waals surface area contributed by atoms with Crippen molar-refractivity contribution >= 4 is 14.9 Å². The van der Waals surface area contributed by atoms with Crippen LogP contribution in [0.25, 0.3) is 0 Å². The first kappa shape index (κ1) is 11.8. The zero-order valence-corrected chi connectivity index (χ0v) is 10.5. The lowest BCUT2D eigenvalue weighted by molar-refractivity contribution is 0.171. The molecule has 2 aliphatic rings. The molecule has 2 aliphatic heterocycles. The van der Waals surface area contributed by atoms with Crippen LogP contribution in [0, 0.1) is 0 Å². The van der Waals surface area contributed by atoms with E-state index in [0.29, 0.717) is 16.5 Å². The van der Waals surface area contributed by atoms with E-state index in [0.717, 1.165) is 26.2 Å². The molecular weight excluding hydrogens is 226 g/mol. The summed E-state index contributed by atoms with van der Waals surface area (Å²) in [5.74, 6) is 0. The molecule has 16 heavy (non-hydrogen) atoms. The van der Waals surface area contributed by atoms with Crippen LogP contribution < -0.4 is 0 Å². The smallest absolute Gasteiger partial charge is 0.218 e. The fourth-order valence-electron chi connectivity index (χ4n) is 1.81. The molecule has 0 aliphatic carbocycles. The molecule has 1 fully saturated rings. The maximum atomic E-state index is 11.8. The molecule has 0 aromatic rings. The Morgan fingerprint density at radius 3 is 2.44 bits per heavy atom. The van der Waals surface area contributed by atoms with Gasteiger partial charge < -0.3 is 4.90 Å². The van der Waals surface area contributed by atoms with Crippen molar-refractivity contribution in [2.24, 2.45) is 4.99 Å². The van der Waals surface area contributed by atoms with Gasteiger partial charge in [0.15, 0.2) is 5.04 Å². The van der Waals surface area contributed by atoms with E-state index in [1.165, 1.54) is 6.20 Å². The number of allylic oxidation sites excluding steroid dienone is 1. The lowest BCUT2D eigenvalue weighted by atomic mass is 10.3. The van der Waals surface area contributed by atoms with Crippen molar-refractivity contribution < 1.29 is 8.42 Å². The minimum absolute atomic E-state index is 0.301. The minimum Gasteiger partial charge on any atom is -0.304 e. The van der Waals surface area contributed by atoms with Gasteiger partial charge in [-0.25, -0.2) is 13.4 Å². The highest BCUT2D eigenvalue weighted by molar-refractivity contribution is 8.10. The van der Waals surface area contributed by atoms with Gasteiger partial charge in [-0.3, -0.25) is 4.90 Å². The van der Waals surface area contributed by atoms with E-state index in [4.69, 9.17) is 0 Å². The molecule has 90 valence electrons. The number of rotatable bonds is 2. The summed E-state index contributed by atoms with van der Waals surface area (Å²) in [6.45, 7) is 5.83. The molecule has 0 radical (unpaired) electrons. The molecule has 0 atom stereocenters. The van der Waals surface area contributed by atoms with Crippen LogP contribution in [0.5, 0.6) is 0 Å². The van der Waals surface area contributed by atoms with Gasteiger partial charge >= 0.3 is 0 Å². The Morgan fingerprint density at radius 2 is 1.94 bits per heavy atom. The normalized spacial score (nSPS) is 26.6. The molecule has 0 saturated carbocycles. The summed E-state index contributed by atoms with van der Waals surface area (Å²) in [4.78, 5) is 8.73. The van der Waals surface area contributed by atoms with Gasteiger partial charge in [0.2, 0.25) is 9.84 Å². The molecule has 6 heteroatoms. The molecule has 0 unspecified atom stereocenters. The Kier molecular flexibility index (Phi) is 3.14. The van der Waals surface area contributed by atoms with Crippen LogP contribution in [-0.2, 0) is 9.84 Å². The summed E-state index contributed by atoms with van der Waals surface area (Å²) in [6, 6.07) is 0. The second kappa shape index (κ2) is 4.27. The van der Waals surface area contributed by atoms with E-state index in [2.05, 4.69) is 21.8 Å². The highest BCUT2D eigenvalue weighted by Gasteiger charge is 2.28. The van der Waals surface area contributed by atoms with Gasteiger partial charge in [0, 0.05) is 32.4 Å². The molecule has 0 N–H and O–H groups in total. The van der Waals surface area contributed by atoms with E-state index in [9.17, 15) is 8.42 Å². The SMILES string of the molecule is CC1=CN=C(CN2CCN(C)CC2)S1(=O)=O. The summed E-state index contributed by atoms with van der Waals surface area (Å²) < 4.78 is 23.6. The molecule has 0 bridgehead atoms. The van der Waals surface area contributed by atoms with Gasteiger partial charge in [0.25, 0.3) is 0 Å².